The normalized spacial score (nSPS) is 16.6. The average Bonchev–Trinajstić information content (AvgIpc) is 3.33. The first kappa shape index (κ1) is 21.2. The van der Waals surface area contributed by atoms with E-state index in [1.54, 1.807) is 10.8 Å². The monoisotopic (exact) mass is 426 g/mol. The predicted octanol–water partition coefficient (Wildman–Crippen LogP) is 1.11. The predicted molar refractivity (Wildman–Crippen MR) is 119 cm³/mol. The molecule has 4 heterocycles. The summed E-state index contributed by atoms with van der Waals surface area (Å²) in [5.41, 5.74) is 0.132. The topological polar surface area (TPSA) is 105 Å². The number of nitrogens with one attached hydrogen (secondary N) is 1. The quantitative estimate of drug-likeness (QED) is 0.575. The lowest BCUT2D eigenvalue weighted by molar-refractivity contribution is 0.293. The summed E-state index contributed by atoms with van der Waals surface area (Å²) in [6, 6.07) is 4.26. The Morgan fingerprint density at radius 3 is 2.90 bits per heavy atom. The zero-order chi connectivity index (χ0) is 22.0. The largest absolute Gasteiger partial charge is 0.351 e. The van der Waals surface area contributed by atoms with E-state index in [2.05, 4.69) is 39.0 Å². The third kappa shape index (κ3) is 4.25. The molecule has 0 amide bonds. The van der Waals surface area contributed by atoms with Crippen molar-refractivity contribution in [3.8, 4) is 0 Å². The highest BCUT2D eigenvalue weighted by Crippen LogP contribution is 2.24. The Morgan fingerprint density at radius 1 is 1.32 bits per heavy atom. The van der Waals surface area contributed by atoms with Crippen LogP contribution in [0, 0.1) is 0 Å². The van der Waals surface area contributed by atoms with Gasteiger partial charge in [-0.05, 0) is 38.4 Å². The Kier molecular flexibility index (Phi) is 6.17. The molecular weight excluding hydrogens is 396 g/mol. The molecule has 0 saturated carbocycles. The summed E-state index contributed by atoms with van der Waals surface area (Å²) in [5.74, 6) is 1.68. The fraction of sp³-hybridized carbons (Fsp3) is 0.571. The van der Waals surface area contributed by atoms with Crippen molar-refractivity contribution in [3.63, 3.8) is 0 Å². The smallest absolute Gasteiger partial charge is 0.330 e. The maximum atomic E-state index is 12.5. The van der Waals surface area contributed by atoms with E-state index in [9.17, 15) is 9.59 Å². The molecule has 3 aromatic rings. The van der Waals surface area contributed by atoms with Crippen molar-refractivity contribution >= 4 is 17.0 Å². The number of aromatic nitrogens is 6. The van der Waals surface area contributed by atoms with Crippen molar-refractivity contribution in [3.05, 3.63) is 45.0 Å². The van der Waals surface area contributed by atoms with Crippen molar-refractivity contribution in [2.75, 3.05) is 25.0 Å². The first-order valence-electron chi connectivity index (χ1n) is 10.9. The number of likely N-dealkylation sites (N-methyl/N-ethyl adjacent to an activating group) is 1. The Labute approximate surface area is 180 Å². The highest BCUT2D eigenvalue weighted by Gasteiger charge is 2.27. The average molecular weight is 427 g/mol. The van der Waals surface area contributed by atoms with Gasteiger partial charge in [-0.3, -0.25) is 19.2 Å². The summed E-state index contributed by atoms with van der Waals surface area (Å²) in [5, 5.41) is 8.28. The second-order valence-electron chi connectivity index (χ2n) is 8.29. The van der Waals surface area contributed by atoms with Gasteiger partial charge < -0.3 is 9.47 Å². The van der Waals surface area contributed by atoms with E-state index < -0.39 is 5.69 Å². The number of hydrogen-bond acceptors (Lipinski definition) is 7. The van der Waals surface area contributed by atoms with E-state index in [4.69, 9.17) is 4.98 Å². The first-order chi connectivity index (χ1) is 15.0. The van der Waals surface area contributed by atoms with Crippen LogP contribution in [0.1, 0.15) is 38.4 Å². The van der Waals surface area contributed by atoms with E-state index in [1.165, 1.54) is 0 Å². The van der Waals surface area contributed by atoms with Gasteiger partial charge in [0.2, 0.25) is 0 Å². The highest BCUT2D eigenvalue weighted by atomic mass is 16.2. The van der Waals surface area contributed by atoms with Gasteiger partial charge in [0.25, 0.3) is 5.56 Å². The number of H-pyrrole nitrogens is 1. The number of imidazole rings is 1. The molecule has 1 atom stereocenters. The molecule has 1 aliphatic rings. The Hall–Kier alpha value is -3.01. The molecule has 1 saturated heterocycles. The van der Waals surface area contributed by atoms with Crippen LogP contribution in [0.2, 0.25) is 0 Å². The highest BCUT2D eigenvalue weighted by molar-refractivity contribution is 5.70. The summed E-state index contributed by atoms with van der Waals surface area (Å²) in [4.78, 5) is 36.5. The van der Waals surface area contributed by atoms with E-state index in [0.717, 1.165) is 50.4 Å². The number of aromatic amines is 1. The molecule has 3 aromatic heterocycles. The van der Waals surface area contributed by atoms with Crippen LogP contribution >= 0.6 is 0 Å². The summed E-state index contributed by atoms with van der Waals surface area (Å²) < 4.78 is 3.39. The van der Waals surface area contributed by atoms with Crippen molar-refractivity contribution in [2.45, 2.75) is 51.7 Å². The lowest BCUT2D eigenvalue weighted by Crippen LogP contribution is -2.39. The second kappa shape index (κ2) is 9.01. The van der Waals surface area contributed by atoms with Crippen LogP contribution in [0.4, 0.5) is 5.82 Å². The van der Waals surface area contributed by atoms with Crippen molar-refractivity contribution in [2.24, 2.45) is 7.05 Å². The fourth-order valence-electron chi connectivity index (χ4n) is 4.40. The van der Waals surface area contributed by atoms with Gasteiger partial charge in [0.15, 0.2) is 17.0 Å². The van der Waals surface area contributed by atoms with Gasteiger partial charge in [-0.15, -0.1) is 5.10 Å². The molecule has 1 N–H and O–H groups in total. The summed E-state index contributed by atoms with van der Waals surface area (Å²) in [6.45, 7) is 5.02. The molecule has 166 valence electrons. The Bertz CT molecular complexity index is 1150. The third-order valence-corrected chi connectivity index (χ3v) is 6.00. The molecule has 4 rings (SSSR count). The second-order valence-corrected chi connectivity index (χ2v) is 8.29. The van der Waals surface area contributed by atoms with Crippen LogP contribution in [0.3, 0.4) is 0 Å². The molecule has 10 nitrogen and oxygen atoms in total. The van der Waals surface area contributed by atoms with Gasteiger partial charge in [0.1, 0.15) is 5.82 Å². The maximum absolute atomic E-state index is 12.5. The van der Waals surface area contributed by atoms with E-state index in [0.29, 0.717) is 30.3 Å². The van der Waals surface area contributed by atoms with Crippen molar-refractivity contribution in [1.82, 2.24) is 34.2 Å². The van der Waals surface area contributed by atoms with E-state index in [-0.39, 0.29) is 5.56 Å². The van der Waals surface area contributed by atoms with Gasteiger partial charge in [-0.25, -0.2) is 9.78 Å². The molecule has 0 bridgehead atoms. The van der Waals surface area contributed by atoms with Crippen molar-refractivity contribution in [1.29, 1.82) is 0 Å². The SMILES string of the molecule is CCCCn1c(=O)[nH]c(=O)c2c1nc(CN(C)CC1CCCN1c1cccnn1)n2C. The van der Waals surface area contributed by atoms with Crippen LogP contribution in [-0.4, -0.2) is 60.4 Å². The minimum Gasteiger partial charge on any atom is -0.351 e. The number of anilines is 1. The zero-order valence-corrected chi connectivity index (χ0v) is 18.4. The number of aryl methyl sites for hydroxylation is 2. The van der Waals surface area contributed by atoms with E-state index in [1.807, 2.05) is 23.7 Å². The maximum Gasteiger partial charge on any atom is 0.330 e. The fourth-order valence-corrected chi connectivity index (χ4v) is 4.40. The third-order valence-electron chi connectivity index (χ3n) is 6.00. The number of unbranched alkanes of at least 4 members (excludes halogenated alkanes) is 1. The van der Waals surface area contributed by atoms with Crippen LogP contribution in [0.25, 0.3) is 11.2 Å². The van der Waals surface area contributed by atoms with Gasteiger partial charge in [-0.1, -0.05) is 13.3 Å². The zero-order valence-electron chi connectivity index (χ0n) is 18.4. The van der Waals surface area contributed by atoms with Crippen LogP contribution in [0.15, 0.2) is 27.9 Å². The molecule has 0 spiro atoms. The number of nitrogens with zero attached hydrogens (tertiary/aromatic N) is 7. The molecule has 0 aromatic carbocycles. The van der Waals surface area contributed by atoms with Gasteiger partial charge in [0.05, 0.1) is 6.54 Å². The lowest BCUT2D eigenvalue weighted by atomic mass is 10.2. The summed E-state index contributed by atoms with van der Waals surface area (Å²) in [7, 11) is 3.89. The van der Waals surface area contributed by atoms with Gasteiger partial charge >= 0.3 is 5.69 Å². The molecule has 0 aliphatic carbocycles. The van der Waals surface area contributed by atoms with Crippen LogP contribution in [-0.2, 0) is 20.1 Å². The minimum atomic E-state index is -0.394. The summed E-state index contributed by atoms with van der Waals surface area (Å²) in [6.07, 6.45) is 5.72. The van der Waals surface area contributed by atoms with Crippen LogP contribution in [0.5, 0.6) is 0 Å². The first-order valence-corrected chi connectivity index (χ1v) is 10.9. The van der Waals surface area contributed by atoms with E-state index >= 15 is 0 Å². The molecule has 0 radical (unpaired) electrons. The number of rotatable bonds is 8. The summed E-state index contributed by atoms with van der Waals surface area (Å²) >= 11 is 0. The van der Waals surface area contributed by atoms with Gasteiger partial charge in [-0.2, -0.15) is 5.10 Å². The minimum absolute atomic E-state index is 0.350. The Balaban J connectivity index is 1.55. The Morgan fingerprint density at radius 2 is 2.16 bits per heavy atom. The molecule has 1 unspecified atom stereocenters. The number of hydrogen-bond donors (Lipinski definition) is 1. The molecule has 31 heavy (non-hydrogen) atoms. The molecule has 1 aliphatic heterocycles. The van der Waals surface area contributed by atoms with Gasteiger partial charge in [0, 0.05) is 38.9 Å². The standard InChI is InChI=1S/C21H30N8O2/c1-4-5-11-29-19-18(20(30)24-21(29)31)27(3)17(23-19)14-26(2)13-15-8-7-12-28(15)16-9-6-10-22-25-16/h6,9-10,15H,4-5,7-8,11-14H2,1-3H3,(H,24,30,31). The van der Waals surface area contributed by atoms with Crippen molar-refractivity contribution < 1.29 is 0 Å². The van der Waals surface area contributed by atoms with Crippen LogP contribution < -0.4 is 16.1 Å². The lowest BCUT2D eigenvalue weighted by Gasteiger charge is -2.29. The number of fused-ring (bicyclic) bond motifs is 1. The molecular formula is C21H30N8O2. The molecule has 10 heteroatoms. The molecule has 1 fully saturated rings.